The van der Waals surface area contributed by atoms with E-state index >= 15 is 0 Å². The van der Waals surface area contributed by atoms with Crippen molar-refractivity contribution < 1.29 is 32.2 Å². The Bertz CT molecular complexity index is 1290. The number of nitrogens with zero attached hydrogens (tertiary/aromatic N) is 1. The average molecular weight is 492 g/mol. The smallest absolute Gasteiger partial charge is 0.416 e. The molecule has 176 valence electrons. The molecule has 1 heterocycles. The lowest BCUT2D eigenvalue weighted by atomic mass is 9.98. The maximum absolute atomic E-state index is 14.0. The number of benzene rings is 2. The van der Waals surface area contributed by atoms with E-state index in [0.717, 1.165) is 6.07 Å². The molecule has 1 N–H and O–H groups in total. The lowest BCUT2D eigenvalue weighted by Crippen LogP contribution is -2.11. The van der Waals surface area contributed by atoms with Crippen LogP contribution in [0.1, 0.15) is 52.1 Å². The first-order chi connectivity index (χ1) is 16.1. The molecule has 0 amide bonds. The van der Waals surface area contributed by atoms with Crippen molar-refractivity contribution in [2.45, 2.75) is 32.0 Å². The van der Waals surface area contributed by atoms with E-state index in [0.29, 0.717) is 58.4 Å². The molecule has 9 heteroatoms. The number of carboxylic acid groups (broad SMARTS) is 1. The summed E-state index contributed by atoms with van der Waals surface area (Å²) in [5.74, 6) is -1.59. The summed E-state index contributed by atoms with van der Waals surface area (Å²) in [7, 11) is 0. The summed E-state index contributed by atoms with van der Waals surface area (Å²) >= 11 is 6.20. The molecule has 3 aromatic rings. The zero-order valence-corrected chi connectivity index (χ0v) is 18.4. The number of aromatic carboxylic acids is 1. The van der Waals surface area contributed by atoms with Crippen LogP contribution >= 0.6 is 11.6 Å². The first-order valence-electron chi connectivity index (χ1n) is 10.3. The van der Waals surface area contributed by atoms with Crippen LogP contribution in [0.5, 0.6) is 5.75 Å². The molecule has 2 aromatic carbocycles. The number of carboxylic acids is 1. The quantitative estimate of drug-likeness (QED) is 0.368. The Morgan fingerprint density at radius 2 is 1.79 bits per heavy atom. The lowest BCUT2D eigenvalue weighted by molar-refractivity contribution is -0.137. The first-order valence-corrected chi connectivity index (χ1v) is 10.7. The second-order valence-electron chi connectivity index (χ2n) is 7.76. The van der Waals surface area contributed by atoms with Crippen molar-refractivity contribution in [1.82, 2.24) is 4.98 Å². The molecule has 0 radical (unpaired) electrons. The van der Waals surface area contributed by atoms with E-state index in [2.05, 4.69) is 4.98 Å². The van der Waals surface area contributed by atoms with Gasteiger partial charge in [0.15, 0.2) is 0 Å². The zero-order valence-electron chi connectivity index (χ0n) is 17.6. The number of ether oxygens (including phenoxy) is 1. The van der Waals surface area contributed by atoms with E-state index in [1.807, 2.05) is 0 Å². The van der Waals surface area contributed by atoms with Gasteiger partial charge in [0.05, 0.1) is 11.3 Å². The van der Waals surface area contributed by atoms with Gasteiger partial charge in [-0.15, -0.1) is 0 Å². The SMILES string of the molecule is O=C(O)c1cc(C(F)(F)F)cc(C2=C(c3cc(Cl)ccc3OCc3ccccc3F)CCC2)n1. The maximum Gasteiger partial charge on any atom is 0.416 e. The van der Waals surface area contributed by atoms with Crippen molar-refractivity contribution in [2.24, 2.45) is 0 Å². The number of rotatable bonds is 6. The Hall–Kier alpha value is -3.39. The number of pyridine rings is 1. The molecular weight excluding hydrogens is 474 g/mol. The van der Waals surface area contributed by atoms with Gasteiger partial charge in [-0.1, -0.05) is 29.8 Å². The number of carbonyl (C=O) groups is 1. The van der Waals surface area contributed by atoms with Crippen molar-refractivity contribution in [1.29, 1.82) is 0 Å². The Morgan fingerprint density at radius 1 is 1.06 bits per heavy atom. The average Bonchev–Trinajstić information content (AvgIpc) is 3.28. The summed E-state index contributed by atoms with van der Waals surface area (Å²) in [4.78, 5) is 15.4. The highest BCUT2D eigenvalue weighted by Crippen LogP contribution is 2.44. The summed E-state index contributed by atoms with van der Waals surface area (Å²) in [5, 5.41) is 9.68. The molecule has 0 fully saturated rings. The molecule has 1 aliphatic carbocycles. The van der Waals surface area contributed by atoms with Crippen LogP contribution in [0.4, 0.5) is 17.6 Å². The molecule has 0 saturated carbocycles. The molecule has 1 aliphatic rings. The molecule has 4 nitrogen and oxygen atoms in total. The van der Waals surface area contributed by atoms with E-state index < -0.39 is 29.2 Å². The fourth-order valence-electron chi connectivity index (χ4n) is 3.92. The number of allylic oxidation sites excluding steroid dienone is 2. The molecule has 4 rings (SSSR count). The first kappa shape index (κ1) is 23.8. The van der Waals surface area contributed by atoms with Gasteiger partial charge in [0.25, 0.3) is 0 Å². The molecule has 0 saturated heterocycles. The second kappa shape index (κ2) is 9.46. The topological polar surface area (TPSA) is 59.4 Å². The summed E-state index contributed by atoms with van der Waals surface area (Å²) in [6, 6.07) is 12.4. The van der Waals surface area contributed by atoms with E-state index in [9.17, 15) is 27.5 Å². The van der Waals surface area contributed by atoms with Gasteiger partial charge in [-0.3, -0.25) is 0 Å². The van der Waals surface area contributed by atoms with Gasteiger partial charge in [0.1, 0.15) is 23.9 Å². The largest absolute Gasteiger partial charge is 0.488 e. The summed E-state index contributed by atoms with van der Waals surface area (Å²) < 4.78 is 60.2. The minimum absolute atomic E-state index is 0.0558. The highest BCUT2D eigenvalue weighted by Gasteiger charge is 2.33. The highest BCUT2D eigenvalue weighted by atomic mass is 35.5. The third kappa shape index (κ3) is 5.07. The molecule has 1 aromatic heterocycles. The van der Waals surface area contributed by atoms with Gasteiger partial charge in [-0.25, -0.2) is 14.2 Å². The van der Waals surface area contributed by atoms with Crippen LogP contribution in [0.15, 0.2) is 54.6 Å². The number of hydrogen-bond donors (Lipinski definition) is 1. The zero-order chi connectivity index (χ0) is 24.5. The number of halogens is 5. The van der Waals surface area contributed by atoms with Crippen LogP contribution in [0.25, 0.3) is 11.1 Å². The van der Waals surface area contributed by atoms with Crippen molar-refractivity contribution in [3.63, 3.8) is 0 Å². The van der Waals surface area contributed by atoms with Crippen molar-refractivity contribution in [3.8, 4) is 5.75 Å². The predicted molar refractivity (Wildman–Crippen MR) is 119 cm³/mol. The standard InChI is InChI=1S/C25H18ClF4NO3/c26-16-8-9-23(34-13-14-4-1-2-7-20(14)27)19(12-16)17-5-3-6-18(17)21-10-15(25(28,29)30)11-22(31-21)24(32)33/h1-2,4,7-12H,3,5-6,13H2,(H,32,33). The van der Waals surface area contributed by atoms with Gasteiger partial charge < -0.3 is 9.84 Å². The second-order valence-corrected chi connectivity index (χ2v) is 8.20. The van der Waals surface area contributed by atoms with Crippen molar-refractivity contribution >= 4 is 28.7 Å². The van der Waals surface area contributed by atoms with E-state index in [-0.39, 0.29) is 12.3 Å². The van der Waals surface area contributed by atoms with Crippen LogP contribution in [0.3, 0.4) is 0 Å². The van der Waals surface area contributed by atoms with Crippen LogP contribution < -0.4 is 4.74 Å². The minimum atomic E-state index is -4.73. The van der Waals surface area contributed by atoms with Crippen LogP contribution in [0.2, 0.25) is 5.02 Å². The Labute approximate surface area is 197 Å². The third-order valence-corrected chi connectivity index (χ3v) is 5.74. The van der Waals surface area contributed by atoms with Crippen LogP contribution in [-0.2, 0) is 12.8 Å². The van der Waals surface area contributed by atoms with Crippen LogP contribution in [0, 0.1) is 5.82 Å². The Kier molecular flexibility index (Phi) is 6.61. The van der Waals surface area contributed by atoms with Gasteiger partial charge in [-0.05, 0) is 66.8 Å². The number of alkyl halides is 3. The number of hydrogen-bond acceptors (Lipinski definition) is 3. The summed E-state index contributed by atoms with van der Waals surface area (Å²) in [6.07, 6.45) is -3.19. The van der Waals surface area contributed by atoms with Crippen molar-refractivity contribution in [3.05, 3.63) is 93.5 Å². The maximum atomic E-state index is 14.0. The van der Waals surface area contributed by atoms with Crippen LogP contribution in [-0.4, -0.2) is 16.1 Å². The summed E-state index contributed by atoms with van der Waals surface area (Å²) in [6.45, 7) is -0.0606. The minimum Gasteiger partial charge on any atom is -0.488 e. The predicted octanol–water partition coefficient (Wildman–Crippen LogP) is 7.26. The van der Waals surface area contributed by atoms with E-state index in [1.165, 1.54) is 6.07 Å². The number of aromatic nitrogens is 1. The summed E-state index contributed by atoms with van der Waals surface area (Å²) in [5.41, 5.74) is 0.212. The van der Waals surface area contributed by atoms with E-state index in [4.69, 9.17) is 16.3 Å². The molecule has 34 heavy (non-hydrogen) atoms. The Morgan fingerprint density at radius 3 is 2.50 bits per heavy atom. The monoisotopic (exact) mass is 491 g/mol. The molecular formula is C25H18ClF4NO3. The molecule has 0 aliphatic heterocycles. The molecule has 0 bridgehead atoms. The normalized spacial score (nSPS) is 13.9. The van der Waals surface area contributed by atoms with Gasteiger partial charge in [0, 0.05) is 16.1 Å². The highest BCUT2D eigenvalue weighted by molar-refractivity contribution is 6.30. The molecule has 0 atom stereocenters. The third-order valence-electron chi connectivity index (χ3n) is 5.51. The molecule has 0 spiro atoms. The van der Waals surface area contributed by atoms with E-state index in [1.54, 1.807) is 36.4 Å². The molecule has 0 unspecified atom stereocenters. The Balaban J connectivity index is 1.79. The lowest BCUT2D eigenvalue weighted by Gasteiger charge is -2.16. The van der Waals surface area contributed by atoms with Gasteiger partial charge in [-0.2, -0.15) is 13.2 Å². The van der Waals surface area contributed by atoms with Crippen molar-refractivity contribution in [2.75, 3.05) is 0 Å². The fraction of sp³-hybridized carbons (Fsp3) is 0.200. The fourth-order valence-corrected chi connectivity index (χ4v) is 4.09. The van der Waals surface area contributed by atoms with Gasteiger partial charge >= 0.3 is 12.1 Å². The van der Waals surface area contributed by atoms with Gasteiger partial charge in [0.2, 0.25) is 0 Å².